The molecule has 0 radical (unpaired) electrons. The molecule has 116 valence electrons. The fourth-order valence-corrected chi connectivity index (χ4v) is 2.45. The van der Waals surface area contributed by atoms with Gasteiger partial charge in [0.2, 0.25) is 0 Å². The molecule has 3 aromatic rings. The average Bonchev–Trinajstić information content (AvgIpc) is 3.02. The molecule has 3 rings (SSSR count). The highest BCUT2D eigenvalue weighted by Gasteiger charge is 2.13. The maximum atomic E-state index is 12.1. The first-order valence-electron chi connectivity index (χ1n) is 6.74. The van der Waals surface area contributed by atoms with Crippen molar-refractivity contribution in [3.8, 4) is 11.3 Å². The van der Waals surface area contributed by atoms with Crippen LogP contribution in [0.15, 0.2) is 53.2 Å². The number of hydrogen-bond donors (Lipinski definition) is 1. The highest BCUT2D eigenvalue weighted by atomic mass is 35.5. The van der Waals surface area contributed by atoms with Crippen LogP contribution in [0.3, 0.4) is 0 Å². The number of nitrogens with zero attached hydrogens (tertiary/aromatic N) is 2. The minimum absolute atomic E-state index is 0.152. The fraction of sp³-hybridized carbons (Fsp3) is 0.0625. The molecule has 7 heteroatoms. The first-order valence-corrected chi connectivity index (χ1v) is 7.50. The number of carbonyl (C=O) groups excluding carboxylic acids is 1. The monoisotopic (exact) mass is 347 g/mol. The molecule has 0 atom stereocenters. The highest BCUT2D eigenvalue weighted by Crippen LogP contribution is 2.26. The average molecular weight is 348 g/mol. The maximum absolute atomic E-state index is 12.1. The van der Waals surface area contributed by atoms with Gasteiger partial charge in [-0.05, 0) is 18.2 Å². The Morgan fingerprint density at radius 2 is 2.00 bits per heavy atom. The van der Waals surface area contributed by atoms with Crippen molar-refractivity contribution in [3.05, 3.63) is 70.2 Å². The van der Waals surface area contributed by atoms with Crippen LogP contribution in [0, 0.1) is 0 Å². The molecule has 0 fully saturated rings. The number of benzene rings is 1. The Hall–Kier alpha value is -2.37. The highest BCUT2D eigenvalue weighted by molar-refractivity contribution is 6.33. The van der Waals surface area contributed by atoms with Gasteiger partial charge in [-0.15, -0.1) is 0 Å². The Morgan fingerprint density at radius 1 is 1.17 bits per heavy atom. The van der Waals surface area contributed by atoms with Crippen LogP contribution in [0.1, 0.15) is 16.1 Å². The lowest BCUT2D eigenvalue weighted by atomic mass is 10.1. The molecule has 0 aliphatic heterocycles. The van der Waals surface area contributed by atoms with Crippen molar-refractivity contribution in [2.75, 3.05) is 0 Å². The van der Waals surface area contributed by atoms with Crippen molar-refractivity contribution in [2.45, 2.75) is 6.54 Å². The van der Waals surface area contributed by atoms with Gasteiger partial charge in [0.1, 0.15) is 10.8 Å². The summed E-state index contributed by atoms with van der Waals surface area (Å²) in [6, 6.07) is 12.3. The summed E-state index contributed by atoms with van der Waals surface area (Å²) in [5, 5.41) is 7.41. The largest absolute Gasteiger partial charge is 0.359 e. The van der Waals surface area contributed by atoms with Crippen molar-refractivity contribution in [1.29, 1.82) is 0 Å². The van der Waals surface area contributed by atoms with E-state index in [2.05, 4.69) is 15.5 Å². The van der Waals surface area contributed by atoms with E-state index in [1.165, 1.54) is 6.20 Å². The Labute approximate surface area is 142 Å². The zero-order valence-electron chi connectivity index (χ0n) is 11.8. The second-order valence-corrected chi connectivity index (χ2v) is 5.45. The quantitative estimate of drug-likeness (QED) is 0.725. The number of rotatable bonds is 4. The van der Waals surface area contributed by atoms with E-state index in [0.29, 0.717) is 22.0 Å². The summed E-state index contributed by atoms with van der Waals surface area (Å²) in [5.41, 5.74) is 1.69. The Bertz CT molecular complexity index is 849. The van der Waals surface area contributed by atoms with Crippen LogP contribution in [0.25, 0.3) is 11.3 Å². The van der Waals surface area contributed by atoms with E-state index in [0.717, 1.165) is 5.56 Å². The second kappa shape index (κ2) is 6.81. The number of nitrogens with one attached hydrogen (secondary N) is 1. The Kier molecular flexibility index (Phi) is 4.60. The molecule has 2 heterocycles. The third-order valence-electron chi connectivity index (χ3n) is 3.14. The van der Waals surface area contributed by atoms with E-state index in [9.17, 15) is 4.79 Å². The summed E-state index contributed by atoms with van der Waals surface area (Å²) in [6.45, 7) is 0.182. The van der Waals surface area contributed by atoms with Gasteiger partial charge in [-0.2, -0.15) is 0 Å². The third kappa shape index (κ3) is 3.52. The fourth-order valence-electron chi connectivity index (χ4n) is 2.01. The Balaban J connectivity index is 1.70. The maximum Gasteiger partial charge on any atom is 0.254 e. The first-order chi connectivity index (χ1) is 11.1. The van der Waals surface area contributed by atoms with Gasteiger partial charge in [0.05, 0.1) is 17.1 Å². The van der Waals surface area contributed by atoms with Crippen LogP contribution in [0.4, 0.5) is 0 Å². The third-order valence-corrected chi connectivity index (χ3v) is 3.77. The normalized spacial score (nSPS) is 10.5. The van der Waals surface area contributed by atoms with E-state index < -0.39 is 0 Å². The van der Waals surface area contributed by atoms with Crippen LogP contribution in [-0.2, 0) is 6.54 Å². The minimum Gasteiger partial charge on any atom is -0.359 e. The second-order valence-electron chi connectivity index (χ2n) is 4.68. The number of halogens is 2. The number of pyridine rings is 1. The summed E-state index contributed by atoms with van der Waals surface area (Å²) >= 11 is 12.0. The molecular formula is C16H11Cl2N3O2. The van der Waals surface area contributed by atoms with Crippen LogP contribution < -0.4 is 5.32 Å². The Morgan fingerprint density at radius 3 is 2.78 bits per heavy atom. The summed E-state index contributed by atoms with van der Waals surface area (Å²) in [7, 11) is 0. The van der Waals surface area contributed by atoms with Gasteiger partial charge >= 0.3 is 0 Å². The van der Waals surface area contributed by atoms with Crippen molar-refractivity contribution >= 4 is 29.1 Å². The van der Waals surface area contributed by atoms with E-state index in [4.69, 9.17) is 27.7 Å². The molecule has 1 amide bonds. The van der Waals surface area contributed by atoms with E-state index in [-0.39, 0.29) is 17.6 Å². The molecule has 1 aromatic carbocycles. The number of carbonyl (C=O) groups is 1. The molecule has 0 aliphatic carbocycles. The standard InChI is InChI=1S/C16H11Cl2N3O2/c17-13-6-2-1-4-11(13)14-8-10(23-21-14)9-20-16(22)12-5-3-7-19-15(12)18/h1-8H,9H2,(H,20,22). The van der Waals surface area contributed by atoms with Crippen molar-refractivity contribution < 1.29 is 9.32 Å². The number of hydrogen-bond acceptors (Lipinski definition) is 4. The molecule has 0 saturated heterocycles. The zero-order chi connectivity index (χ0) is 16.2. The smallest absolute Gasteiger partial charge is 0.254 e. The molecule has 0 unspecified atom stereocenters. The lowest BCUT2D eigenvalue weighted by molar-refractivity contribution is 0.0947. The SMILES string of the molecule is O=C(NCc1cc(-c2ccccc2Cl)no1)c1cccnc1Cl. The van der Waals surface area contributed by atoms with Crippen LogP contribution in [-0.4, -0.2) is 16.0 Å². The van der Waals surface area contributed by atoms with E-state index in [1.807, 2.05) is 18.2 Å². The lowest BCUT2D eigenvalue weighted by Gasteiger charge is -2.03. The predicted molar refractivity (Wildman–Crippen MR) is 87.4 cm³/mol. The van der Waals surface area contributed by atoms with Gasteiger partial charge in [-0.1, -0.05) is 46.6 Å². The molecule has 23 heavy (non-hydrogen) atoms. The molecule has 5 nitrogen and oxygen atoms in total. The van der Waals surface area contributed by atoms with Crippen molar-refractivity contribution in [3.63, 3.8) is 0 Å². The molecular weight excluding hydrogens is 337 g/mol. The zero-order valence-corrected chi connectivity index (χ0v) is 13.3. The van der Waals surface area contributed by atoms with Gasteiger partial charge in [-0.3, -0.25) is 4.79 Å². The van der Waals surface area contributed by atoms with Crippen molar-refractivity contribution in [2.24, 2.45) is 0 Å². The van der Waals surface area contributed by atoms with Crippen LogP contribution >= 0.6 is 23.2 Å². The molecule has 0 spiro atoms. The predicted octanol–water partition coefficient (Wildman–Crippen LogP) is 3.97. The molecule has 0 aliphatic rings. The molecule has 0 bridgehead atoms. The molecule has 0 saturated carbocycles. The molecule has 1 N–H and O–H groups in total. The topological polar surface area (TPSA) is 68.0 Å². The van der Waals surface area contributed by atoms with Gasteiger partial charge in [-0.25, -0.2) is 4.98 Å². The van der Waals surface area contributed by atoms with Crippen molar-refractivity contribution in [1.82, 2.24) is 15.5 Å². The number of amides is 1. The van der Waals surface area contributed by atoms with E-state index >= 15 is 0 Å². The summed E-state index contributed by atoms with van der Waals surface area (Å²) in [5.74, 6) is 0.173. The van der Waals surface area contributed by atoms with Gasteiger partial charge < -0.3 is 9.84 Å². The lowest BCUT2D eigenvalue weighted by Crippen LogP contribution is -2.23. The van der Waals surface area contributed by atoms with E-state index in [1.54, 1.807) is 24.3 Å². The van der Waals surface area contributed by atoms with Gasteiger partial charge in [0, 0.05) is 17.8 Å². The summed E-state index contributed by atoms with van der Waals surface area (Å²) < 4.78 is 5.22. The van der Waals surface area contributed by atoms with Crippen LogP contribution in [0.2, 0.25) is 10.2 Å². The number of aromatic nitrogens is 2. The van der Waals surface area contributed by atoms with Gasteiger partial charge in [0.25, 0.3) is 5.91 Å². The first kappa shape index (κ1) is 15.5. The van der Waals surface area contributed by atoms with Crippen LogP contribution in [0.5, 0.6) is 0 Å². The summed E-state index contributed by atoms with van der Waals surface area (Å²) in [6.07, 6.45) is 1.52. The summed E-state index contributed by atoms with van der Waals surface area (Å²) in [4.78, 5) is 15.9. The van der Waals surface area contributed by atoms with Gasteiger partial charge in [0.15, 0.2) is 5.76 Å². The minimum atomic E-state index is -0.334. The molecule has 2 aromatic heterocycles.